The van der Waals surface area contributed by atoms with Crippen molar-refractivity contribution in [2.45, 2.75) is 24.9 Å². The van der Waals surface area contributed by atoms with Crippen molar-refractivity contribution in [2.75, 3.05) is 28.2 Å². The number of rotatable bonds is 6. The zero-order chi connectivity index (χ0) is 45.7. The number of hydrogen-bond acceptors (Lipinski definition) is 4. The number of halogens is 4. The van der Waals surface area contributed by atoms with E-state index in [-0.39, 0.29) is 29.1 Å². The lowest BCUT2D eigenvalue weighted by molar-refractivity contribution is 0.607. The number of aromatic nitrogens is 4. The monoisotopic (exact) mass is 922 g/mol. The summed E-state index contributed by atoms with van der Waals surface area (Å²) in [6.45, 7) is 1.75. The first-order valence-corrected chi connectivity index (χ1v) is 23.4. The quantitative estimate of drug-likeness (QED) is 0.156. The Morgan fingerprint density at radius 3 is 1.16 bits per heavy atom. The van der Waals surface area contributed by atoms with E-state index in [9.17, 15) is 8.78 Å². The molecule has 0 radical (unpaired) electrons. The van der Waals surface area contributed by atoms with Crippen LogP contribution in [-0.4, -0.2) is 37.2 Å². The van der Waals surface area contributed by atoms with E-state index in [2.05, 4.69) is 131 Å². The maximum Gasteiger partial charge on any atom is 0.139 e. The zero-order valence-electron chi connectivity index (χ0n) is 36.5. The molecule has 0 fully saturated rings. The van der Waals surface area contributed by atoms with Gasteiger partial charge in [0.05, 0.1) is 40.2 Å². The molecule has 67 heavy (non-hydrogen) atoms. The second-order valence-corrected chi connectivity index (χ2v) is 17.2. The molecule has 4 aromatic heterocycles. The summed E-state index contributed by atoms with van der Waals surface area (Å²) in [6.07, 6.45) is 5.05. The van der Waals surface area contributed by atoms with E-state index in [1.807, 2.05) is 57.3 Å². The van der Waals surface area contributed by atoms with Crippen molar-refractivity contribution < 1.29 is 8.78 Å². The number of fused-ring (bicyclic) bond motifs is 4. The van der Waals surface area contributed by atoms with Crippen LogP contribution >= 0.6 is 23.2 Å². The summed E-state index contributed by atoms with van der Waals surface area (Å²) in [5.41, 5.74) is 14.7. The van der Waals surface area contributed by atoms with Gasteiger partial charge in [-0.25, -0.2) is 18.7 Å². The average Bonchev–Trinajstić information content (AvgIpc) is 3.95. The second kappa shape index (κ2) is 19.7. The Balaban J connectivity index is 0.000000148. The third-order valence-corrected chi connectivity index (χ3v) is 12.6. The van der Waals surface area contributed by atoms with Gasteiger partial charge in [0.15, 0.2) is 0 Å². The lowest BCUT2D eigenvalue weighted by Crippen LogP contribution is -2.37. The lowest BCUT2D eigenvalue weighted by Gasteiger charge is -2.39. The minimum atomic E-state index is -0.272. The summed E-state index contributed by atoms with van der Waals surface area (Å²) in [6, 6.07) is 64.8. The van der Waals surface area contributed by atoms with Crippen LogP contribution in [-0.2, 0) is 12.8 Å². The number of alkyl halides is 2. The van der Waals surface area contributed by atoms with Crippen LogP contribution < -0.4 is 9.80 Å². The van der Waals surface area contributed by atoms with Crippen molar-refractivity contribution in [1.29, 1.82) is 0 Å². The summed E-state index contributed by atoms with van der Waals surface area (Å²) in [7, 11) is 0. The van der Waals surface area contributed by atoms with Gasteiger partial charge in [0.25, 0.3) is 0 Å². The van der Waals surface area contributed by atoms with Crippen LogP contribution in [0.1, 0.15) is 45.7 Å². The summed E-state index contributed by atoms with van der Waals surface area (Å²) >= 11 is 9.53. The normalized spacial score (nSPS) is 15.2. The molecule has 0 amide bonds. The van der Waals surface area contributed by atoms with E-state index in [1.54, 1.807) is 24.5 Å². The van der Waals surface area contributed by atoms with Gasteiger partial charge in [-0.1, -0.05) is 146 Å². The Labute approximate surface area is 399 Å². The van der Waals surface area contributed by atoms with Crippen LogP contribution in [0, 0.1) is 11.6 Å². The van der Waals surface area contributed by atoms with Crippen molar-refractivity contribution in [3.05, 3.63) is 252 Å². The van der Waals surface area contributed by atoms with Gasteiger partial charge in [0.2, 0.25) is 0 Å². The fraction of sp³-hybridized carbons (Fsp3) is 0.123. The summed E-state index contributed by atoms with van der Waals surface area (Å²) in [5.74, 6) is -0.544. The van der Waals surface area contributed by atoms with E-state index < -0.39 is 0 Å². The molecule has 10 heteroatoms. The molecule has 0 bridgehead atoms. The number of para-hydroxylation sites is 2. The molecule has 6 aromatic carbocycles. The molecular weight excluding hydrogens is 878 g/mol. The van der Waals surface area contributed by atoms with Gasteiger partial charge in [0, 0.05) is 48.0 Å². The minimum absolute atomic E-state index is 0.0886. The second-order valence-electron chi connectivity index (χ2n) is 16.4. The first kappa shape index (κ1) is 43.6. The predicted octanol–water partition coefficient (Wildman–Crippen LogP) is 14.0. The molecule has 12 rings (SSSR count). The summed E-state index contributed by atoms with van der Waals surface area (Å²) in [5, 5.41) is 0.194. The molecule has 10 aromatic rings. The van der Waals surface area contributed by atoms with Crippen LogP contribution in [0.5, 0.6) is 0 Å². The molecule has 2 aliphatic heterocycles. The highest BCUT2D eigenvalue weighted by molar-refractivity contribution is 6.40. The number of anilines is 2. The topological polar surface area (TPSA) is 41.1 Å². The maximum atomic E-state index is 14.4. The van der Waals surface area contributed by atoms with Crippen LogP contribution in [0.15, 0.2) is 207 Å². The van der Waals surface area contributed by atoms with E-state index in [4.69, 9.17) is 33.2 Å². The zero-order valence-corrected chi connectivity index (χ0v) is 38.0. The third kappa shape index (κ3) is 8.78. The highest BCUT2D eigenvalue weighted by atomic mass is 35.5. The number of imidazole rings is 2. The Kier molecular flexibility index (Phi) is 12.8. The SMILES string of the molecule is ClCCl.Fc1ccc2nc(-c3ccccc3)c([C@H]3c4ccccc4CCN3c3ccccc3)n2c1.Fc1ccc2nc(-c3ccccc3)c([C@H]3c4ccccc4CCN3c3ccccc3)n2c1. The van der Waals surface area contributed by atoms with Crippen molar-refractivity contribution in [3.8, 4) is 22.5 Å². The van der Waals surface area contributed by atoms with E-state index in [0.29, 0.717) is 0 Å². The Hall–Kier alpha value is -7.26. The lowest BCUT2D eigenvalue weighted by atomic mass is 9.88. The van der Waals surface area contributed by atoms with Gasteiger partial charge in [0.1, 0.15) is 22.9 Å². The molecule has 0 N–H and O–H groups in total. The Morgan fingerprint density at radius 1 is 0.433 bits per heavy atom. The van der Waals surface area contributed by atoms with Crippen LogP contribution in [0.2, 0.25) is 0 Å². The Bertz CT molecular complexity index is 3040. The van der Waals surface area contributed by atoms with E-state index in [1.165, 1.54) is 34.4 Å². The van der Waals surface area contributed by atoms with Crippen molar-refractivity contribution >= 4 is 45.9 Å². The fourth-order valence-electron chi connectivity index (χ4n) is 9.73. The van der Waals surface area contributed by atoms with Gasteiger partial charge in [-0.15, -0.1) is 23.2 Å². The van der Waals surface area contributed by atoms with Crippen molar-refractivity contribution in [3.63, 3.8) is 0 Å². The molecule has 0 saturated heterocycles. The average molecular weight is 924 g/mol. The summed E-state index contributed by atoms with van der Waals surface area (Å²) in [4.78, 5) is 14.8. The van der Waals surface area contributed by atoms with E-state index in [0.717, 1.165) is 82.5 Å². The molecule has 2 atom stereocenters. The highest BCUT2D eigenvalue weighted by Gasteiger charge is 2.35. The standard InChI is InChI=1S/2C28H22FN3.CH2Cl2/c2*29-22-15-16-25-30-26(21-10-3-1-4-11-21)28(32(25)19-22)27-24-14-8-7-9-20(24)17-18-31(27)23-12-5-2-6-13-23;2-1-3/h2*1-16,19,27H,17-18H2;1H2/t2*27-;/m11./s1. The third-order valence-electron chi connectivity index (χ3n) is 12.6. The number of nitrogens with zero attached hydrogens (tertiary/aromatic N) is 6. The molecule has 6 nitrogen and oxygen atoms in total. The van der Waals surface area contributed by atoms with E-state index >= 15 is 0 Å². The van der Waals surface area contributed by atoms with Crippen LogP contribution in [0.3, 0.4) is 0 Å². The number of benzene rings is 6. The Morgan fingerprint density at radius 2 is 0.776 bits per heavy atom. The molecular formula is C57H46Cl2F2N6. The maximum absolute atomic E-state index is 14.4. The highest BCUT2D eigenvalue weighted by Crippen LogP contribution is 2.44. The largest absolute Gasteiger partial charge is 0.358 e. The van der Waals surface area contributed by atoms with Crippen LogP contribution in [0.4, 0.5) is 20.2 Å². The van der Waals surface area contributed by atoms with Gasteiger partial charge in [-0.3, -0.25) is 8.80 Å². The number of hydrogen-bond donors (Lipinski definition) is 0. The smallest absolute Gasteiger partial charge is 0.139 e. The molecule has 0 spiro atoms. The molecule has 6 heterocycles. The molecule has 2 aliphatic rings. The summed E-state index contributed by atoms with van der Waals surface area (Å²) < 4.78 is 32.8. The molecule has 0 saturated carbocycles. The molecule has 0 aliphatic carbocycles. The van der Waals surface area contributed by atoms with Crippen molar-refractivity contribution in [2.24, 2.45) is 0 Å². The van der Waals surface area contributed by atoms with Gasteiger partial charge in [-0.2, -0.15) is 0 Å². The van der Waals surface area contributed by atoms with Crippen LogP contribution in [0.25, 0.3) is 33.8 Å². The van der Waals surface area contributed by atoms with Gasteiger partial charge < -0.3 is 9.80 Å². The first-order valence-electron chi connectivity index (χ1n) is 22.4. The predicted molar refractivity (Wildman–Crippen MR) is 269 cm³/mol. The minimum Gasteiger partial charge on any atom is -0.358 e. The number of pyridine rings is 2. The first-order chi connectivity index (χ1) is 33.0. The fourth-order valence-corrected chi connectivity index (χ4v) is 9.73. The van der Waals surface area contributed by atoms with Gasteiger partial charge in [-0.05, 0) is 83.6 Å². The van der Waals surface area contributed by atoms with Crippen molar-refractivity contribution in [1.82, 2.24) is 18.8 Å². The molecule has 0 unspecified atom stereocenters. The van der Waals surface area contributed by atoms with Gasteiger partial charge >= 0.3 is 0 Å². The molecule has 332 valence electrons.